The summed E-state index contributed by atoms with van der Waals surface area (Å²) >= 11 is 11.9. The van der Waals surface area contributed by atoms with Crippen molar-refractivity contribution in [2.75, 3.05) is 0 Å². The number of nitrogen functional groups attached to an aromatic ring is 1. The molecule has 0 atom stereocenters. The summed E-state index contributed by atoms with van der Waals surface area (Å²) in [6.45, 7) is 0. The van der Waals surface area contributed by atoms with Gasteiger partial charge in [0.05, 0.1) is 11.2 Å². The van der Waals surface area contributed by atoms with Crippen LogP contribution in [-0.4, -0.2) is 16.1 Å². The Hall–Kier alpha value is -1.56. The number of H-pyrrole nitrogens is 1. The van der Waals surface area contributed by atoms with Gasteiger partial charge in [-0.3, -0.25) is 15.3 Å². The zero-order chi connectivity index (χ0) is 12.4. The summed E-state index contributed by atoms with van der Waals surface area (Å²) in [5.41, 5.74) is 3.50. The number of aromatic amines is 1. The van der Waals surface area contributed by atoms with Crippen LogP contribution in [0.25, 0.3) is 11.1 Å². The van der Waals surface area contributed by atoms with Crippen LogP contribution in [0.15, 0.2) is 24.4 Å². The van der Waals surface area contributed by atoms with Crippen LogP contribution in [0.1, 0.15) is 10.5 Å². The Morgan fingerprint density at radius 1 is 1.35 bits per heavy atom. The van der Waals surface area contributed by atoms with Crippen molar-refractivity contribution in [3.8, 4) is 11.1 Å². The van der Waals surface area contributed by atoms with Gasteiger partial charge in [0.1, 0.15) is 5.69 Å². The van der Waals surface area contributed by atoms with Crippen LogP contribution in [0.3, 0.4) is 0 Å². The van der Waals surface area contributed by atoms with E-state index in [0.29, 0.717) is 21.2 Å². The van der Waals surface area contributed by atoms with E-state index in [2.05, 4.69) is 10.2 Å². The zero-order valence-electron chi connectivity index (χ0n) is 8.50. The molecule has 0 saturated heterocycles. The first-order valence-corrected chi connectivity index (χ1v) is 5.39. The summed E-state index contributed by atoms with van der Waals surface area (Å²) in [6.07, 6.45) is 1.50. The summed E-state index contributed by atoms with van der Waals surface area (Å²) in [5, 5.41) is 7.32. The molecule has 17 heavy (non-hydrogen) atoms. The molecule has 0 radical (unpaired) electrons. The maximum absolute atomic E-state index is 11.5. The first kappa shape index (κ1) is 11.9. The number of hydrogen-bond acceptors (Lipinski definition) is 3. The van der Waals surface area contributed by atoms with E-state index in [0.717, 1.165) is 0 Å². The number of nitrogens with two attached hydrogens (primary N) is 1. The van der Waals surface area contributed by atoms with Gasteiger partial charge in [0.25, 0.3) is 5.91 Å². The number of carbonyl (C=O) groups excluding carboxylic acids is 1. The Morgan fingerprint density at radius 3 is 2.76 bits per heavy atom. The molecule has 0 fully saturated rings. The lowest BCUT2D eigenvalue weighted by molar-refractivity contribution is 0.0949. The highest BCUT2D eigenvalue weighted by Crippen LogP contribution is 2.31. The third kappa shape index (κ3) is 2.26. The van der Waals surface area contributed by atoms with Crippen LogP contribution in [-0.2, 0) is 0 Å². The fraction of sp³-hybridized carbons (Fsp3) is 0. The third-order valence-corrected chi connectivity index (χ3v) is 2.77. The molecule has 2 rings (SSSR count). The molecule has 0 saturated carbocycles. The van der Waals surface area contributed by atoms with E-state index >= 15 is 0 Å². The Kier molecular flexibility index (Phi) is 3.33. The number of aromatic nitrogens is 2. The van der Waals surface area contributed by atoms with Crippen molar-refractivity contribution in [3.63, 3.8) is 0 Å². The van der Waals surface area contributed by atoms with Gasteiger partial charge in [-0.15, -0.1) is 0 Å². The topological polar surface area (TPSA) is 83.8 Å². The maximum atomic E-state index is 11.5. The van der Waals surface area contributed by atoms with Gasteiger partial charge in [0, 0.05) is 16.1 Å². The summed E-state index contributed by atoms with van der Waals surface area (Å²) in [7, 11) is 0. The Labute approximate surface area is 107 Å². The summed E-state index contributed by atoms with van der Waals surface area (Å²) in [4.78, 5) is 11.5. The van der Waals surface area contributed by atoms with Crippen molar-refractivity contribution in [3.05, 3.63) is 40.1 Å². The highest BCUT2D eigenvalue weighted by atomic mass is 35.5. The minimum atomic E-state index is -0.469. The summed E-state index contributed by atoms with van der Waals surface area (Å²) in [6, 6.07) is 4.98. The van der Waals surface area contributed by atoms with Gasteiger partial charge < -0.3 is 0 Å². The number of hydrazine groups is 1. The molecule has 4 N–H and O–H groups in total. The third-order valence-electron chi connectivity index (χ3n) is 2.22. The van der Waals surface area contributed by atoms with E-state index < -0.39 is 5.91 Å². The van der Waals surface area contributed by atoms with Gasteiger partial charge >= 0.3 is 0 Å². The van der Waals surface area contributed by atoms with Crippen molar-refractivity contribution < 1.29 is 4.79 Å². The van der Waals surface area contributed by atoms with Crippen LogP contribution in [0.5, 0.6) is 0 Å². The lowest BCUT2D eigenvalue weighted by Gasteiger charge is -2.04. The molecule has 0 unspecified atom stereocenters. The smallest absolute Gasteiger partial charge is 0.283 e. The van der Waals surface area contributed by atoms with Gasteiger partial charge in [0.2, 0.25) is 0 Å². The predicted octanol–water partition coefficient (Wildman–Crippen LogP) is 1.99. The quantitative estimate of drug-likeness (QED) is 0.443. The molecule has 1 aromatic heterocycles. The van der Waals surface area contributed by atoms with E-state index in [9.17, 15) is 4.79 Å². The number of halogens is 2. The van der Waals surface area contributed by atoms with Crippen LogP contribution < -0.4 is 11.3 Å². The largest absolute Gasteiger partial charge is 0.289 e. The van der Waals surface area contributed by atoms with E-state index in [1.54, 1.807) is 18.2 Å². The van der Waals surface area contributed by atoms with Crippen molar-refractivity contribution in [1.82, 2.24) is 15.6 Å². The lowest BCUT2D eigenvalue weighted by atomic mass is 10.1. The van der Waals surface area contributed by atoms with Crippen molar-refractivity contribution in [2.45, 2.75) is 0 Å². The van der Waals surface area contributed by atoms with Gasteiger partial charge in [0.15, 0.2) is 0 Å². The molecule has 0 aliphatic carbocycles. The van der Waals surface area contributed by atoms with Crippen molar-refractivity contribution in [2.24, 2.45) is 5.84 Å². The first-order valence-electron chi connectivity index (χ1n) is 4.63. The molecular formula is C10H8Cl2N4O. The van der Waals surface area contributed by atoms with E-state index in [4.69, 9.17) is 29.0 Å². The standard InChI is InChI=1S/C10H8Cl2N4O/c11-5-1-2-6(8(12)3-5)7-4-14-16-9(7)10(17)15-13/h1-4H,13H2,(H,14,16)(H,15,17). The fourth-order valence-corrected chi connectivity index (χ4v) is 1.95. The molecule has 5 nitrogen and oxygen atoms in total. The maximum Gasteiger partial charge on any atom is 0.283 e. The average Bonchev–Trinajstić information content (AvgIpc) is 2.77. The van der Waals surface area contributed by atoms with Gasteiger partial charge in [-0.2, -0.15) is 5.10 Å². The Balaban J connectivity index is 2.53. The SMILES string of the molecule is NNC(=O)c1[nH]ncc1-c1ccc(Cl)cc1Cl. The van der Waals surface area contributed by atoms with Gasteiger partial charge in [-0.25, -0.2) is 5.84 Å². The summed E-state index contributed by atoms with van der Waals surface area (Å²) in [5.74, 6) is 4.60. The molecule has 7 heteroatoms. The van der Waals surface area contributed by atoms with Crippen LogP contribution in [0.4, 0.5) is 0 Å². The minimum absolute atomic E-state index is 0.247. The second-order valence-corrected chi connectivity index (χ2v) is 4.10. The number of carbonyl (C=O) groups is 1. The number of nitrogens with one attached hydrogen (secondary N) is 2. The first-order chi connectivity index (χ1) is 8.13. The Bertz CT molecular complexity index is 567. The number of benzene rings is 1. The van der Waals surface area contributed by atoms with E-state index in [1.807, 2.05) is 5.43 Å². The zero-order valence-corrected chi connectivity index (χ0v) is 10.0. The molecule has 1 heterocycles. The normalized spacial score (nSPS) is 10.3. The number of nitrogens with zero attached hydrogens (tertiary/aromatic N) is 1. The van der Waals surface area contributed by atoms with Crippen LogP contribution in [0, 0.1) is 0 Å². The number of rotatable bonds is 2. The van der Waals surface area contributed by atoms with Gasteiger partial charge in [-0.05, 0) is 12.1 Å². The molecule has 0 spiro atoms. The molecule has 88 valence electrons. The highest BCUT2D eigenvalue weighted by molar-refractivity contribution is 6.36. The molecule has 0 aliphatic heterocycles. The summed E-state index contributed by atoms with van der Waals surface area (Å²) < 4.78 is 0. The van der Waals surface area contributed by atoms with E-state index in [1.165, 1.54) is 6.20 Å². The minimum Gasteiger partial charge on any atom is -0.289 e. The number of amides is 1. The molecular weight excluding hydrogens is 263 g/mol. The fourth-order valence-electron chi connectivity index (χ4n) is 1.44. The number of hydrogen-bond donors (Lipinski definition) is 3. The second-order valence-electron chi connectivity index (χ2n) is 3.26. The van der Waals surface area contributed by atoms with E-state index in [-0.39, 0.29) is 5.69 Å². The molecule has 0 bridgehead atoms. The average molecular weight is 271 g/mol. The monoisotopic (exact) mass is 270 g/mol. The lowest BCUT2D eigenvalue weighted by Crippen LogP contribution is -2.30. The van der Waals surface area contributed by atoms with Crippen LogP contribution in [0.2, 0.25) is 10.0 Å². The van der Waals surface area contributed by atoms with Crippen LogP contribution >= 0.6 is 23.2 Å². The van der Waals surface area contributed by atoms with Gasteiger partial charge in [-0.1, -0.05) is 29.3 Å². The molecule has 2 aromatic rings. The second kappa shape index (κ2) is 4.75. The Morgan fingerprint density at radius 2 is 2.12 bits per heavy atom. The predicted molar refractivity (Wildman–Crippen MR) is 65.7 cm³/mol. The molecule has 0 aliphatic rings. The molecule has 1 aromatic carbocycles. The van der Waals surface area contributed by atoms with Crippen molar-refractivity contribution in [1.29, 1.82) is 0 Å². The molecule has 1 amide bonds. The van der Waals surface area contributed by atoms with Crippen molar-refractivity contribution >= 4 is 29.1 Å². The highest BCUT2D eigenvalue weighted by Gasteiger charge is 2.16.